The molecule has 3 N–H and O–H groups in total. The minimum absolute atomic E-state index is 0.324. The van der Waals surface area contributed by atoms with E-state index in [1.54, 1.807) is 6.08 Å². The quantitative estimate of drug-likeness (QED) is 0.274. The van der Waals surface area contributed by atoms with Crippen molar-refractivity contribution in [3.8, 4) is 5.75 Å². The monoisotopic (exact) mass is 434 g/mol. The zero-order valence-electron chi connectivity index (χ0n) is 18.0. The molecule has 0 amide bonds. The molecule has 0 aliphatic rings. The maximum absolute atomic E-state index is 10.9. The van der Waals surface area contributed by atoms with E-state index < -0.39 is 18.1 Å². The second-order valence-corrected chi connectivity index (χ2v) is 8.90. The van der Waals surface area contributed by atoms with Gasteiger partial charge in [-0.1, -0.05) is 48.6 Å². The molecule has 0 aliphatic carbocycles. The number of allylic oxidation sites excluding steroid dienone is 1. The molecule has 2 aromatic carbocycles. The van der Waals surface area contributed by atoms with Crippen LogP contribution in [0.5, 0.6) is 5.75 Å². The molecule has 0 radical (unpaired) electrons. The summed E-state index contributed by atoms with van der Waals surface area (Å²) in [6.45, 7) is 7.63. The number of benzene rings is 2. The molecule has 0 saturated heterocycles. The van der Waals surface area contributed by atoms with Crippen LogP contribution in [0.4, 0.5) is 0 Å². The third kappa shape index (κ3) is 5.73. The van der Waals surface area contributed by atoms with Crippen LogP contribution < -0.4 is 0 Å². The van der Waals surface area contributed by atoms with Crippen LogP contribution in [0, 0.1) is 19.8 Å². The highest BCUT2D eigenvalue weighted by atomic mass is 32.1. The maximum atomic E-state index is 10.9. The lowest BCUT2D eigenvalue weighted by atomic mass is 9.89. The van der Waals surface area contributed by atoms with Crippen LogP contribution >= 0.6 is 11.3 Å². The third-order valence-corrected chi connectivity index (χ3v) is 6.57. The van der Waals surface area contributed by atoms with Gasteiger partial charge in [-0.05, 0) is 78.1 Å². The first-order chi connectivity index (χ1) is 14.9. The fourth-order valence-corrected chi connectivity index (χ4v) is 4.64. The van der Waals surface area contributed by atoms with Gasteiger partial charge in [-0.3, -0.25) is 0 Å². The highest BCUT2D eigenvalue weighted by Gasteiger charge is 2.26. The lowest BCUT2D eigenvalue weighted by Gasteiger charge is -2.24. The lowest BCUT2D eigenvalue weighted by Crippen LogP contribution is -2.24. The topological polar surface area (TPSA) is 60.7 Å². The number of phenolic OH excluding ortho intramolecular Hbond substituents is 1. The van der Waals surface area contributed by atoms with Gasteiger partial charge in [0.2, 0.25) is 0 Å². The number of aromatic hydroxyl groups is 1. The molecule has 3 atom stereocenters. The Labute approximate surface area is 188 Å². The molecule has 162 valence electrons. The van der Waals surface area contributed by atoms with Crippen LogP contribution in [0.1, 0.15) is 46.1 Å². The highest BCUT2D eigenvalue weighted by Crippen LogP contribution is 2.33. The number of thiophene rings is 1. The molecule has 4 heteroatoms. The molecule has 0 spiro atoms. The summed E-state index contributed by atoms with van der Waals surface area (Å²) in [6, 6.07) is 17.8. The van der Waals surface area contributed by atoms with Crippen LogP contribution in [-0.4, -0.2) is 21.4 Å². The number of aliphatic hydroxyl groups excluding tert-OH is 2. The Kier molecular flexibility index (Phi) is 7.85. The van der Waals surface area contributed by atoms with Crippen LogP contribution in [0.15, 0.2) is 72.6 Å². The van der Waals surface area contributed by atoms with Crippen LogP contribution in [-0.2, 0) is 0 Å². The molecule has 1 aromatic heterocycles. The van der Waals surface area contributed by atoms with Gasteiger partial charge in [0.15, 0.2) is 0 Å². The molecule has 3 nitrogen and oxygen atoms in total. The first kappa shape index (κ1) is 23.0. The van der Waals surface area contributed by atoms with E-state index >= 15 is 0 Å². The van der Waals surface area contributed by atoms with E-state index in [1.165, 1.54) is 11.3 Å². The normalized spacial score (nSPS) is 14.8. The average molecular weight is 435 g/mol. The minimum atomic E-state index is -0.765. The van der Waals surface area contributed by atoms with Crippen molar-refractivity contribution >= 4 is 23.0 Å². The van der Waals surface area contributed by atoms with Gasteiger partial charge < -0.3 is 15.3 Å². The van der Waals surface area contributed by atoms with Crippen molar-refractivity contribution in [2.45, 2.75) is 38.9 Å². The van der Waals surface area contributed by atoms with Crippen molar-refractivity contribution in [2.75, 3.05) is 0 Å². The Morgan fingerprint density at radius 2 is 1.71 bits per heavy atom. The molecular formula is C27H30O3S. The van der Waals surface area contributed by atoms with Crippen molar-refractivity contribution in [2.24, 2.45) is 5.92 Å². The SMILES string of the molecule is C=C[C@H]([C@H](O)CC/C(=C/c1cc(C)c(O)c(C)c1)c1ccccc1)[C@H](O)c1cccs1. The Morgan fingerprint density at radius 3 is 2.29 bits per heavy atom. The van der Waals surface area contributed by atoms with Gasteiger partial charge in [0.1, 0.15) is 5.75 Å². The molecule has 3 aromatic rings. The Morgan fingerprint density at radius 1 is 1.03 bits per heavy atom. The number of aliphatic hydroxyl groups is 2. The van der Waals surface area contributed by atoms with E-state index in [2.05, 4.69) is 24.8 Å². The van der Waals surface area contributed by atoms with Gasteiger partial charge in [-0.15, -0.1) is 17.9 Å². The first-order valence-corrected chi connectivity index (χ1v) is 11.4. The Balaban J connectivity index is 1.83. The summed E-state index contributed by atoms with van der Waals surface area (Å²) in [7, 11) is 0. The van der Waals surface area contributed by atoms with E-state index in [9.17, 15) is 15.3 Å². The smallest absolute Gasteiger partial charge is 0.121 e. The molecular weight excluding hydrogens is 404 g/mol. The summed E-state index contributed by atoms with van der Waals surface area (Å²) in [5.41, 5.74) is 4.87. The molecule has 0 unspecified atom stereocenters. The summed E-state index contributed by atoms with van der Waals surface area (Å²) in [4.78, 5) is 0.831. The fraction of sp³-hybridized carbons (Fsp3) is 0.259. The molecule has 0 bridgehead atoms. The van der Waals surface area contributed by atoms with Crippen LogP contribution in [0.3, 0.4) is 0 Å². The summed E-state index contributed by atoms with van der Waals surface area (Å²) < 4.78 is 0. The summed E-state index contributed by atoms with van der Waals surface area (Å²) in [6.07, 6.45) is 3.42. The van der Waals surface area contributed by atoms with E-state index in [-0.39, 0.29) is 0 Å². The summed E-state index contributed by atoms with van der Waals surface area (Å²) in [5.74, 6) is -0.112. The van der Waals surface area contributed by atoms with Crippen molar-refractivity contribution in [1.82, 2.24) is 0 Å². The Bertz CT molecular complexity index is 999. The molecule has 3 rings (SSSR count). The van der Waals surface area contributed by atoms with Crippen LogP contribution in [0.25, 0.3) is 11.6 Å². The van der Waals surface area contributed by atoms with E-state index in [4.69, 9.17) is 0 Å². The van der Waals surface area contributed by atoms with Crippen LogP contribution in [0.2, 0.25) is 0 Å². The van der Waals surface area contributed by atoms with Crippen molar-refractivity contribution < 1.29 is 15.3 Å². The van der Waals surface area contributed by atoms with Crippen molar-refractivity contribution in [3.63, 3.8) is 0 Å². The van der Waals surface area contributed by atoms with Gasteiger partial charge in [0.25, 0.3) is 0 Å². The highest BCUT2D eigenvalue weighted by molar-refractivity contribution is 7.10. The van der Waals surface area contributed by atoms with Crippen molar-refractivity contribution in [3.05, 3.63) is 99.8 Å². The van der Waals surface area contributed by atoms with Gasteiger partial charge in [0, 0.05) is 10.8 Å². The van der Waals surface area contributed by atoms with Crippen molar-refractivity contribution in [1.29, 1.82) is 0 Å². The minimum Gasteiger partial charge on any atom is -0.507 e. The Hall–Kier alpha value is -2.66. The maximum Gasteiger partial charge on any atom is 0.121 e. The zero-order valence-corrected chi connectivity index (χ0v) is 18.8. The average Bonchev–Trinajstić information content (AvgIpc) is 3.31. The molecule has 1 heterocycles. The van der Waals surface area contributed by atoms with E-state index in [0.29, 0.717) is 18.6 Å². The number of hydrogen-bond acceptors (Lipinski definition) is 4. The standard InChI is InChI=1S/C27H30O3S/c1-4-23(27(30)25-11-8-14-31-25)24(28)13-12-22(21-9-6-5-7-10-21)17-20-15-18(2)26(29)19(3)16-20/h4-11,14-17,23-24,27-30H,1,12-13H2,2-3H3/b22-17-/t23-,24-,27+/m1/s1. The third-order valence-electron chi connectivity index (χ3n) is 5.62. The van der Waals surface area contributed by atoms with Gasteiger partial charge in [-0.25, -0.2) is 0 Å². The predicted molar refractivity (Wildman–Crippen MR) is 130 cm³/mol. The molecule has 0 saturated carbocycles. The second kappa shape index (κ2) is 10.6. The first-order valence-electron chi connectivity index (χ1n) is 10.5. The summed E-state index contributed by atoms with van der Waals surface area (Å²) in [5, 5.41) is 33.6. The summed E-state index contributed by atoms with van der Waals surface area (Å²) >= 11 is 1.48. The van der Waals surface area contributed by atoms with Gasteiger partial charge >= 0.3 is 0 Å². The van der Waals surface area contributed by atoms with Gasteiger partial charge in [-0.2, -0.15) is 0 Å². The number of phenols is 1. The molecule has 0 fully saturated rings. The largest absolute Gasteiger partial charge is 0.507 e. The predicted octanol–water partition coefficient (Wildman–Crippen LogP) is 6.29. The number of aryl methyl sites for hydroxylation is 2. The van der Waals surface area contributed by atoms with E-state index in [0.717, 1.165) is 32.7 Å². The van der Waals surface area contributed by atoms with Gasteiger partial charge in [0.05, 0.1) is 12.2 Å². The lowest BCUT2D eigenvalue weighted by molar-refractivity contribution is 0.0343. The number of hydrogen-bond donors (Lipinski definition) is 3. The zero-order chi connectivity index (χ0) is 22.4. The molecule has 31 heavy (non-hydrogen) atoms. The van der Waals surface area contributed by atoms with E-state index in [1.807, 2.05) is 61.7 Å². The number of rotatable bonds is 9. The second-order valence-electron chi connectivity index (χ2n) is 7.92. The fourth-order valence-electron chi connectivity index (χ4n) is 3.87. The molecule has 0 aliphatic heterocycles.